The Hall–Kier alpha value is -1.56. The van der Waals surface area contributed by atoms with Crippen LogP contribution in [0.2, 0.25) is 5.02 Å². The normalized spacial score (nSPS) is 12.8. The number of pyridine rings is 1. The maximum absolute atomic E-state index is 12.3. The van der Waals surface area contributed by atoms with Gasteiger partial charge in [0.1, 0.15) is 0 Å². The first-order valence-corrected chi connectivity index (χ1v) is 7.77. The Bertz CT molecular complexity index is 759. The average molecular weight is 306 g/mol. The summed E-state index contributed by atoms with van der Waals surface area (Å²) in [4.78, 5) is 11.7. The fourth-order valence-corrected chi connectivity index (χ4v) is 3.13. The van der Waals surface area contributed by atoms with E-state index >= 15 is 0 Å². The summed E-state index contributed by atoms with van der Waals surface area (Å²) in [6, 6.07) is 9.15. The summed E-state index contributed by atoms with van der Waals surface area (Å²) in [5.74, 6) is 0.979. The monoisotopic (exact) mass is 305 g/mol. The van der Waals surface area contributed by atoms with Crippen molar-refractivity contribution in [3.05, 3.63) is 52.9 Å². The number of fused-ring (bicyclic) bond motifs is 1. The van der Waals surface area contributed by atoms with Crippen LogP contribution in [0.1, 0.15) is 11.4 Å². The van der Waals surface area contributed by atoms with Gasteiger partial charge in [-0.1, -0.05) is 11.6 Å². The van der Waals surface area contributed by atoms with E-state index in [4.69, 9.17) is 11.6 Å². The second-order valence-corrected chi connectivity index (χ2v) is 6.34. The molecule has 0 aliphatic carbocycles. The van der Waals surface area contributed by atoms with Crippen LogP contribution >= 0.6 is 11.6 Å². The van der Waals surface area contributed by atoms with Gasteiger partial charge in [-0.2, -0.15) is 0 Å². The Morgan fingerprint density at radius 3 is 2.95 bits per heavy atom. The smallest absolute Gasteiger partial charge is 0.245 e. The molecule has 0 saturated heterocycles. The Kier molecular flexibility index (Phi) is 3.65. The zero-order chi connectivity index (χ0) is 14.1. The lowest BCUT2D eigenvalue weighted by molar-refractivity contribution is 0.589. The van der Waals surface area contributed by atoms with Gasteiger partial charge in [0, 0.05) is 28.5 Å². The predicted molar refractivity (Wildman–Crippen MR) is 80.2 cm³/mol. The third-order valence-corrected chi connectivity index (χ3v) is 4.35. The summed E-state index contributed by atoms with van der Waals surface area (Å²) >= 11 is 4.71. The van der Waals surface area contributed by atoms with E-state index in [9.17, 15) is 4.55 Å². The van der Waals surface area contributed by atoms with Gasteiger partial charge in [0.25, 0.3) is 0 Å². The van der Waals surface area contributed by atoms with Crippen molar-refractivity contribution in [2.45, 2.75) is 17.7 Å². The molecular weight excluding hydrogens is 294 g/mol. The van der Waals surface area contributed by atoms with Gasteiger partial charge in [0.05, 0.1) is 11.0 Å². The molecule has 3 aromatic rings. The largest absolute Gasteiger partial charge is 0.610 e. The van der Waals surface area contributed by atoms with Gasteiger partial charge >= 0.3 is 0 Å². The highest BCUT2D eigenvalue weighted by molar-refractivity contribution is 7.90. The average Bonchev–Trinajstić information content (AvgIpc) is 2.80. The van der Waals surface area contributed by atoms with E-state index in [1.54, 1.807) is 18.3 Å². The standard InChI is InChI=1S/C14H12ClN3OS/c1-9-4-5-16-14(6-9)20(19)8-13-17-11-3-2-10(15)7-12(11)18-13/h2-7H,8H2,1H3,(H,17,18). The summed E-state index contributed by atoms with van der Waals surface area (Å²) < 4.78 is 12.3. The van der Waals surface area contributed by atoms with Crippen LogP contribution in [0.15, 0.2) is 41.6 Å². The van der Waals surface area contributed by atoms with Gasteiger partial charge in [-0.05, 0) is 36.8 Å². The van der Waals surface area contributed by atoms with Crippen molar-refractivity contribution in [3.8, 4) is 0 Å². The number of H-pyrrole nitrogens is 1. The number of imidazole rings is 1. The van der Waals surface area contributed by atoms with Crippen molar-refractivity contribution >= 4 is 33.8 Å². The van der Waals surface area contributed by atoms with E-state index in [-0.39, 0.29) is 0 Å². The number of aromatic amines is 1. The molecule has 0 radical (unpaired) electrons. The highest BCUT2D eigenvalue weighted by atomic mass is 35.5. The molecule has 1 N–H and O–H groups in total. The lowest BCUT2D eigenvalue weighted by Gasteiger charge is -2.07. The fraction of sp³-hybridized carbons (Fsp3) is 0.143. The maximum atomic E-state index is 12.3. The molecule has 4 nitrogen and oxygen atoms in total. The number of halogens is 1. The van der Waals surface area contributed by atoms with Crippen molar-refractivity contribution in [2.24, 2.45) is 0 Å². The Morgan fingerprint density at radius 1 is 1.30 bits per heavy atom. The SMILES string of the molecule is Cc1ccnc([S+]([O-])Cc2nc3cc(Cl)ccc3[nH]2)c1. The topological polar surface area (TPSA) is 64.6 Å². The quantitative estimate of drug-likeness (QED) is 0.756. The summed E-state index contributed by atoms with van der Waals surface area (Å²) in [7, 11) is 0. The van der Waals surface area contributed by atoms with Crippen LogP contribution in [0.4, 0.5) is 0 Å². The molecular formula is C14H12ClN3OS. The number of aryl methyl sites for hydroxylation is 1. The van der Waals surface area contributed by atoms with Gasteiger partial charge < -0.3 is 9.54 Å². The molecule has 0 aliphatic heterocycles. The number of aromatic nitrogens is 3. The van der Waals surface area contributed by atoms with Crippen LogP contribution in [-0.4, -0.2) is 19.5 Å². The summed E-state index contributed by atoms with van der Waals surface area (Å²) in [5, 5.41) is 1.21. The van der Waals surface area contributed by atoms with Crippen molar-refractivity contribution in [3.63, 3.8) is 0 Å². The van der Waals surface area contributed by atoms with Crippen molar-refractivity contribution in [1.82, 2.24) is 15.0 Å². The molecule has 20 heavy (non-hydrogen) atoms. The number of hydrogen-bond donors (Lipinski definition) is 1. The number of hydrogen-bond acceptors (Lipinski definition) is 3. The minimum atomic E-state index is -1.21. The second-order valence-electron chi connectivity index (χ2n) is 4.51. The van der Waals surface area contributed by atoms with Gasteiger partial charge in [0.2, 0.25) is 5.03 Å². The van der Waals surface area contributed by atoms with Crippen molar-refractivity contribution < 1.29 is 4.55 Å². The first kappa shape index (κ1) is 13.4. The Labute approximate surface area is 124 Å². The zero-order valence-corrected chi connectivity index (χ0v) is 12.3. The lowest BCUT2D eigenvalue weighted by atomic mass is 10.3. The molecule has 0 amide bonds. The maximum Gasteiger partial charge on any atom is 0.245 e. The van der Waals surface area contributed by atoms with Crippen LogP contribution in [0.3, 0.4) is 0 Å². The van der Waals surface area contributed by atoms with E-state index in [0.717, 1.165) is 16.6 Å². The third-order valence-electron chi connectivity index (χ3n) is 2.89. The first-order valence-electron chi connectivity index (χ1n) is 6.07. The van der Waals surface area contributed by atoms with Crippen LogP contribution < -0.4 is 0 Å². The van der Waals surface area contributed by atoms with E-state index in [2.05, 4.69) is 15.0 Å². The van der Waals surface area contributed by atoms with E-state index in [0.29, 0.717) is 21.6 Å². The van der Waals surface area contributed by atoms with Gasteiger partial charge in [-0.3, -0.25) is 0 Å². The van der Waals surface area contributed by atoms with Crippen LogP contribution in [0, 0.1) is 6.92 Å². The lowest BCUT2D eigenvalue weighted by Crippen LogP contribution is -2.08. The molecule has 2 aromatic heterocycles. The minimum absolute atomic E-state index is 0.308. The molecule has 0 bridgehead atoms. The van der Waals surface area contributed by atoms with E-state index < -0.39 is 11.2 Å². The molecule has 0 fully saturated rings. The van der Waals surface area contributed by atoms with Crippen LogP contribution in [-0.2, 0) is 16.9 Å². The number of benzene rings is 1. The van der Waals surface area contributed by atoms with Gasteiger partial charge in [0.15, 0.2) is 11.6 Å². The van der Waals surface area contributed by atoms with Crippen LogP contribution in [0.25, 0.3) is 11.0 Å². The molecule has 0 spiro atoms. The van der Waals surface area contributed by atoms with E-state index in [1.165, 1.54) is 0 Å². The number of nitrogens with zero attached hydrogens (tertiary/aromatic N) is 2. The number of rotatable bonds is 3. The minimum Gasteiger partial charge on any atom is -0.610 e. The summed E-state index contributed by atoms with van der Waals surface area (Å²) in [6.07, 6.45) is 1.67. The predicted octanol–water partition coefficient (Wildman–Crippen LogP) is 3.23. The second kappa shape index (κ2) is 5.44. The molecule has 3 rings (SSSR count). The molecule has 2 heterocycles. The Balaban J connectivity index is 1.85. The Morgan fingerprint density at radius 2 is 2.15 bits per heavy atom. The third kappa shape index (κ3) is 2.80. The molecule has 1 unspecified atom stereocenters. The molecule has 1 aromatic carbocycles. The highest BCUT2D eigenvalue weighted by Gasteiger charge is 2.16. The fourth-order valence-electron chi connectivity index (χ4n) is 1.93. The molecule has 0 saturated carbocycles. The van der Waals surface area contributed by atoms with Gasteiger partial charge in [-0.25, -0.2) is 9.97 Å². The zero-order valence-electron chi connectivity index (χ0n) is 10.8. The highest BCUT2D eigenvalue weighted by Crippen LogP contribution is 2.19. The van der Waals surface area contributed by atoms with Crippen molar-refractivity contribution in [1.29, 1.82) is 0 Å². The van der Waals surface area contributed by atoms with Crippen molar-refractivity contribution in [2.75, 3.05) is 0 Å². The van der Waals surface area contributed by atoms with Gasteiger partial charge in [-0.15, -0.1) is 0 Å². The van der Waals surface area contributed by atoms with E-state index in [1.807, 2.05) is 25.1 Å². The molecule has 1 atom stereocenters. The molecule has 0 aliphatic rings. The number of nitrogens with one attached hydrogen (secondary N) is 1. The molecule has 102 valence electrons. The first-order chi connectivity index (χ1) is 9.61. The summed E-state index contributed by atoms with van der Waals surface area (Å²) in [5.41, 5.74) is 2.71. The summed E-state index contributed by atoms with van der Waals surface area (Å²) in [6.45, 7) is 1.95. The van der Waals surface area contributed by atoms with Crippen LogP contribution in [0.5, 0.6) is 0 Å². The molecule has 6 heteroatoms.